The van der Waals surface area contributed by atoms with Gasteiger partial charge in [0.05, 0.1) is 0 Å². The zero-order valence-corrected chi connectivity index (χ0v) is 16.2. The van der Waals surface area contributed by atoms with E-state index < -0.39 is 0 Å². The van der Waals surface area contributed by atoms with E-state index >= 15 is 0 Å². The summed E-state index contributed by atoms with van der Waals surface area (Å²) >= 11 is 5.88. The Balaban J connectivity index is 1.73. The molecule has 0 bridgehead atoms. The van der Waals surface area contributed by atoms with Crippen LogP contribution < -0.4 is 5.32 Å². The summed E-state index contributed by atoms with van der Waals surface area (Å²) in [6, 6.07) is 14.5. The van der Waals surface area contributed by atoms with Crippen LogP contribution in [0, 0.1) is 6.92 Å². The van der Waals surface area contributed by atoms with E-state index in [1.54, 1.807) is 29.2 Å². The predicted octanol–water partition coefficient (Wildman–Crippen LogP) is 5.14. The summed E-state index contributed by atoms with van der Waals surface area (Å²) in [6.07, 6.45) is 0. The molecule has 1 N–H and O–H groups in total. The molecule has 1 aromatic heterocycles. The summed E-state index contributed by atoms with van der Waals surface area (Å²) in [6.45, 7) is 6.08. The van der Waals surface area contributed by atoms with Crippen LogP contribution in [-0.2, 0) is 6.54 Å². The highest BCUT2D eigenvalue weighted by Gasteiger charge is 2.21. The molecule has 27 heavy (non-hydrogen) atoms. The van der Waals surface area contributed by atoms with Gasteiger partial charge in [-0.15, -0.1) is 0 Å². The van der Waals surface area contributed by atoms with Gasteiger partial charge in [-0.3, -0.25) is 0 Å². The number of aryl methyl sites for hydroxylation is 1. The number of rotatable bonds is 5. The van der Waals surface area contributed by atoms with Crippen LogP contribution in [0.2, 0.25) is 5.02 Å². The third kappa shape index (κ3) is 4.86. The molecule has 6 nitrogen and oxygen atoms in total. The highest BCUT2D eigenvalue weighted by molar-refractivity contribution is 6.30. The van der Waals surface area contributed by atoms with Crippen LogP contribution in [-0.4, -0.2) is 27.1 Å². The van der Waals surface area contributed by atoms with Crippen molar-refractivity contribution in [2.45, 2.75) is 33.4 Å². The lowest BCUT2D eigenvalue weighted by Crippen LogP contribution is -2.39. The lowest BCUT2D eigenvalue weighted by Gasteiger charge is -2.25. The lowest BCUT2D eigenvalue weighted by molar-refractivity contribution is 0.182. The minimum Gasteiger partial charge on any atom is -0.337 e. The summed E-state index contributed by atoms with van der Waals surface area (Å²) < 4.78 is 5.36. The number of amides is 2. The lowest BCUT2D eigenvalue weighted by atomic mass is 10.1. The Bertz CT molecular complexity index is 922. The van der Waals surface area contributed by atoms with Crippen molar-refractivity contribution in [2.75, 3.05) is 5.32 Å². The summed E-state index contributed by atoms with van der Waals surface area (Å²) in [5.74, 6) is 0.891. The van der Waals surface area contributed by atoms with Crippen molar-refractivity contribution in [1.29, 1.82) is 0 Å². The number of carbonyl (C=O) groups excluding carboxylic acids is 1. The average Bonchev–Trinajstić information content (AvgIpc) is 3.10. The summed E-state index contributed by atoms with van der Waals surface area (Å²) in [7, 11) is 0. The van der Waals surface area contributed by atoms with Crippen LogP contribution in [0.3, 0.4) is 0 Å². The van der Waals surface area contributed by atoms with E-state index in [-0.39, 0.29) is 18.6 Å². The van der Waals surface area contributed by atoms with Gasteiger partial charge in [-0.25, -0.2) is 4.79 Å². The van der Waals surface area contributed by atoms with Crippen LogP contribution in [0.5, 0.6) is 0 Å². The molecule has 7 heteroatoms. The molecule has 0 spiro atoms. The molecule has 0 radical (unpaired) electrons. The molecule has 2 amide bonds. The number of halogens is 1. The fraction of sp³-hybridized carbons (Fsp3) is 0.250. The number of urea groups is 1. The van der Waals surface area contributed by atoms with Crippen LogP contribution >= 0.6 is 11.6 Å². The first-order chi connectivity index (χ1) is 12.9. The van der Waals surface area contributed by atoms with Gasteiger partial charge < -0.3 is 14.7 Å². The van der Waals surface area contributed by atoms with Crippen LogP contribution in [0.1, 0.15) is 25.3 Å². The number of nitrogens with zero attached hydrogens (tertiary/aromatic N) is 3. The smallest absolute Gasteiger partial charge is 0.322 e. The molecule has 0 saturated heterocycles. The van der Waals surface area contributed by atoms with E-state index in [9.17, 15) is 4.79 Å². The first-order valence-corrected chi connectivity index (χ1v) is 9.03. The van der Waals surface area contributed by atoms with Crippen molar-refractivity contribution in [3.63, 3.8) is 0 Å². The van der Waals surface area contributed by atoms with Crippen LogP contribution in [0.25, 0.3) is 11.4 Å². The third-order valence-electron chi connectivity index (χ3n) is 4.03. The van der Waals surface area contributed by atoms with Gasteiger partial charge in [0.15, 0.2) is 0 Å². The van der Waals surface area contributed by atoms with Gasteiger partial charge in [0.2, 0.25) is 11.7 Å². The Morgan fingerprint density at radius 2 is 1.96 bits per heavy atom. The Morgan fingerprint density at radius 3 is 2.63 bits per heavy atom. The number of hydrogen-bond donors (Lipinski definition) is 1. The quantitative estimate of drug-likeness (QED) is 0.661. The van der Waals surface area contributed by atoms with Crippen LogP contribution in [0.4, 0.5) is 10.5 Å². The van der Waals surface area contributed by atoms with Gasteiger partial charge in [-0.05, 0) is 51.1 Å². The number of carbonyl (C=O) groups is 1. The highest BCUT2D eigenvalue weighted by Crippen LogP contribution is 2.19. The molecule has 0 atom stereocenters. The van der Waals surface area contributed by atoms with Crippen molar-refractivity contribution >= 4 is 23.3 Å². The van der Waals surface area contributed by atoms with Gasteiger partial charge in [0.25, 0.3) is 0 Å². The normalized spacial score (nSPS) is 10.9. The van der Waals surface area contributed by atoms with Crippen LogP contribution in [0.15, 0.2) is 53.1 Å². The number of anilines is 1. The molecular formula is C20H21ClN4O2. The maximum absolute atomic E-state index is 12.7. The maximum atomic E-state index is 12.7. The number of hydrogen-bond acceptors (Lipinski definition) is 4. The minimum atomic E-state index is -0.248. The molecule has 2 aromatic carbocycles. The first kappa shape index (κ1) is 18.9. The zero-order chi connectivity index (χ0) is 19.4. The minimum absolute atomic E-state index is 0.0494. The SMILES string of the molecule is Cc1cccc(-c2noc(CN(C(=O)Nc3ccc(Cl)cc3)C(C)C)n2)c1. The monoisotopic (exact) mass is 384 g/mol. The number of nitrogens with one attached hydrogen (secondary N) is 1. The van der Waals surface area contributed by atoms with Crippen molar-refractivity contribution < 1.29 is 9.32 Å². The second kappa shape index (κ2) is 8.22. The molecule has 0 fully saturated rings. The molecular weight excluding hydrogens is 364 g/mol. The van der Waals surface area contributed by atoms with Crippen molar-refractivity contribution in [3.8, 4) is 11.4 Å². The Labute approximate surface area is 163 Å². The van der Waals surface area contributed by atoms with Crippen molar-refractivity contribution in [3.05, 3.63) is 65.0 Å². The van der Waals surface area contributed by atoms with E-state index in [1.807, 2.05) is 45.0 Å². The zero-order valence-electron chi connectivity index (χ0n) is 15.4. The van der Waals surface area contributed by atoms with E-state index in [0.29, 0.717) is 22.4 Å². The Hall–Kier alpha value is -2.86. The van der Waals surface area contributed by atoms with E-state index in [0.717, 1.165) is 11.1 Å². The maximum Gasteiger partial charge on any atom is 0.322 e. The molecule has 1 heterocycles. The molecule has 3 aromatic rings. The fourth-order valence-electron chi connectivity index (χ4n) is 2.58. The molecule has 0 unspecified atom stereocenters. The van der Waals surface area contributed by atoms with Crippen molar-refractivity contribution in [2.24, 2.45) is 0 Å². The van der Waals surface area contributed by atoms with E-state index in [1.165, 1.54) is 0 Å². The second-order valence-corrected chi connectivity index (χ2v) is 6.98. The Morgan fingerprint density at radius 1 is 1.22 bits per heavy atom. The van der Waals surface area contributed by atoms with Gasteiger partial charge in [-0.1, -0.05) is 40.5 Å². The van der Waals surface area contributed by atoms with Gasteiger partial charge in [-0.2, -0.15) is 4.98 Å². The topological polar surface area (TPSA) is 71.3 Å². The van der Waals surface area contributed by atoms with Gasteiger partial charge >= 0.3 is 6.03 Å². The molecule has 0 saturated carbocycles. The van der Waals surface area contributed by atoms with E-state index in [2.05, 4.69) is 15.5 Å². The average molecular weight is 385 g/mol. The number of benzene rings is 2. The Kier molecular flexibility index (Phi) is 5.76. The molecule has 140 valence electrons. The van der Waals surface area contributed by atoms with E-state index in [4.69, 9.17) is 16.1 Å². The first-order valence-electron chi connectivity index (χ1n) is 8.65. The number of aromatic nitrogens is 2. The highest BCUT2D eigenvalue weighted by atomic mass is 35.5. The standard InChI is InChI=1S/C20H21ClN4O2/c1-13(2)25(20(26)22-17-9-7-16(21)8-10-17)12-18-23-19(24-27-18)15-6-4-5-14(3)11-15/h4-11,13H,12H2,1-3H3,(H,22,26). The molecule has 0 aliphatic rings. The second-order valence-electron chi connectivity index (χ2n) is 6.54. The summed E-state index contributed by atoms with van der Waals surface area (Å²) in [5.41, 5.74) is 2.66. The summed E-state index contributed by atoms with van der Waals surface area (Å²) in [5, 5.41) is 7.50. The summed E-state index contributed by atoms with van der Waals surface area (Å²) in [4.78, 5) is 18.7. The molecule has 0 aliphatic carbocycles. The predicted molar refractivity (Wildman–Crippen MR) is 106 cm³/mol. The fourth-order valence-corrected chi connectivity index (χ4v) is 2.71. The van der Waals surface area contributed by atoms with Crippen molar-refractivity contribution in [1.82, 2.24) is 15.0 Å². The third-order valence-corrected chi connectivity index (χ3v) is 4.28. The van der Waals surface area contributed by atoms with Gasteiger partial charge in [0.1, 0.15) is 6.54 Å². The largest absolute Gasteiger partial charge is 0.337 e. The van der Waals surface area contributed by atoms with Gasteiger partial charge in [0, 0.05) is 22.3 Å². The molecule has 3 rings (SSSR count). The molecule has 0 aliphatic heterocycles.